The van der Waals surface area contributed by atoms with Crippen LogP contribution >= 0.6 is 0 Å². The fourth-order valence-electron chi connectivity index (χ4n) is 2.68. The highest BCUT2D eigenvalue weighted by Crippen LogP contribution is 2.26. The average Bonchev–Trinajstić information content (AvgIpc) is 2.76. The zero-order chi connectivity index (χ0) is 24.1. The second-order valence-electron chi connectivity index (χ2n) is 7.59. The van der Waals surface area contributed by atoms with E-state index in [9.17, 15) is 40.5 Å². The van der Waals surface area contributed by atoms with E-state index < -0.39 is 68.2 Å². The van der Waals surface area contributed by atoms with Gasteiger partial charge in [-0.25, -0.2) is 4.79 Å². The summed E-state index contributed by atoms with van der Waals surface area (Å²) in [6.45, 7) is -0.700. The Morgan fingerprint density at radius 2 is 1.88 bits per heavy atom. The Bertz CT molecular complexity index is 795. The number of ether oxygens (including phenoxy) is 3. The van der Waals surface area contributed by atoms with E-state index in [4.69, 9.17) is 19.3 Å². The molecule has 0 aromatic heterocycles. The van der Waals surface area contributed by atoms with Crippen molar-refractivity contribution < 1.29 is 59.9 Å². The van der Waals surface area contributed by atoms with Gasteiger partial charge in [0.05, 0.1) is 13.2 Å². The van der Waals surface area contributed by atoms with Crippen molar-refractivity contribution >= 4 is 12.0 Å². The zero-order valence-corrected chi connectivity index (χ0v) is 17.2. The maximum absolute atomic E-state index is 11.9. The smallest absolute Gasteiger partial charge is 0.330 e. The van der Waals surface area contributed by atoms with Gasteiger partial charge in [-0.2, -0.15) is 0 Å². The van der Waals surface area contributed by atoms with Gasteiger partial charge in [0, 0.05) is 6.08 Å². The van der Waals surface area contributed by atoms with Crippen LogP contribution in [0.1, 0.15) is 12.5 Å². The first-order chi connectivity index (χ1) is 15.0. The van der Waals surface area contributed by atoms with Gasteiger partial charge in [-0.05, 0) is 30.7 Å². The van der Waals surface area contributed by atoms with Crippen molar-refractivity contribution in [2.45, 2.75) is 49.3 Å². The molecule has 1 aromatic rings. The van der Waals surface area contributed by atoms with Crippen molar-refractivity contribution in [1.29, 1.82) is 0 Å². The Hall–Kier alpha value is -2.29. The molecule has 0 saturated carbocycles. The lowest BCUT2D eigenvalue weighted by Crippen LogP contribution is -2.60. The van der Waals surface area contributed by atoms with E-state index >= 15 is 0 Å². The Labute approximate surface area is 183 Å². The number of hydrogen-bond donors (Lipinski definition) is 8. The number of carbonyl (C=O) groups excluding carboxylic acids is 1. The molecule has 1 aliphatic rings. The van der Waals surface area contributed by atoms with Gasteiger partial charge in [0.1, 0.15) is 42.7 Å². The van der Waals surface area contributed by atoms with Gasteiger partial charge >= 0.3 is 5.97 Å². The van der Waals surface area contributed by atoms with Crippen LogP contribution in [0.3, 0.4) is 0 Å². The van der Waals surface area contributed by atoms with E-state index in [0.29, 0.717) is 5.56 Å². The number of rotatable bonds is 9. The van der Waals surface area contributed by atoms with Crippen LogP contribution in [0, 0.1) is 0 Å². The number of benzene rings is 1. The summed E-state index contributed by atoms with van der Waals surface area (Å²) in [5.74, 6) is -1.54. The molecule has 0 unspecified atom stereocenters. The van der Waals surface area contributed by atoms with E-state index in [1.807, 2.05) is 0 Å². The van der Waals surface area contributed by atoms with Crippen LogP contribution in [0.5, 0.6) is 11.5 Å². The molecule has 0 amide bonds. The van der Waals surface area contributed by atoms with Gasteiger partial charge in [0.15, 0.2) is 17.8 Å². The first-order valence-corrected chi connectivity index (χ1v) is 9.65. The van der Waals surface area contributed by atoms with Crippen molar-refractivity contribution in [2.75, 3.05) is 19.8 Å². The second kappa shape index (κ2) is 11.0. The lowest BCUT2D eigenvalue weighted by molar-refractivity contribution is -0.308. The number of aliphatic hydroxyl groups excluding tert-OH is 5. The number of carbonyl (C=O) groups is 1. The summed E-state index contributed by atoms with van der Waals surface area (Å²) in [5, 5.41) is 77.5. The molecule has 0 spiro atoms. The molecule has 12 nitrogen and oxygen atoms in total. The molecule has 180 valence electrons. The molecule has 0 radical (unpaired) electrons. The Morgan fingerprint density at radius 3 is 2.50 bits per heavy atom. The minimum Gasteiger partial charge on any atom is -0.504 e. The summed E-state index contributed by atoms with van der Waals surface area (Å²) in [4.78, 5) is 11.9. The molecule has 1 fully saturated rings. The molecule has 1 aliphatic heterocycles. The SMILES string of the molecule is C[C@](O)(CO)[C@@H](O)CO[C@@H]1O[C@H](COC(=O)/C=C/c2ccc(O)c(O)c2)[C@@H](O)[C@H](O)[C@H]1O. The van der Waals surface area contributed by atoms with Gasteiger partial charge in [0.2, 0.25) is 0 Å². The minimum atomic E-state index is -1.88. The van der Waals surface area contributed by atoms with E-state index in [-0.39, 0.29) is 11.5 Å². The van der Waals surface area contributed by atoms with Crippen molar-refractivity contribution in [2.24, 2.45) is 0 Å². The summed E-state index contributed by atoms with van der Waals surface area (Å²) in [5.41, 5.74) is -1.48. The number of esters is 1. The van der Waals surface area contributed by atoms with Gasteiger partial charge < -0.3 is 55.1 Å². The van der Waals surface area contributed by atoms with Crippen molar-refractivity contribution in [1.82, 2.24) is 0 Å². The topological polar surface area (TPSA) is 207 Å². The quantitative estimate of drug-likeness (QED) is 0.110. The Balaban J connectivity index is 1.92. The predicted molar refractivity (Wildman–Crippen MR) is 106 cm³/mol. The summed E-state index contributed by atoms with van der Waals surface area (Å²) in [7, 11) is 0. The molecule has 12 heteroatoms. The predicted octanol–water partition coefficient (Wildman–Crippen LogP) is -2.42. The standard InChI is InChI=1S/C20H28O12/c1-20(29,9-21)14(24)8-31-19-18(28)17(27)16(26)13(32-19)7-30-15(25)5-3-10-2-4-11(22)12(23)6-10/h2-6,13-14,16-19,21-24,26-29H,7-9H2,1H3/b5-3+/t13-,14+,16-,17+,18-,19-,20+/m1/s1. The maximum atomic E-state index is 11.9. The molecular weight excluding hydrogens is 432 g/mol. The van der Waals surface area contributed by atoms with Gasteiger partial charge in [-0.1, -0.05) is 6.07 Å². The van der Waals surface area contributed by atoms with Crippen LogP contribution in [0.2, 0.25) is 0 Å². The van der Waals surface area contributed by atoms with Crippen LogP contribution < -0.4 is 0 Å². The second-order valence-corrected chi connectivity index (χ2v) is 7.59. The lowest BCUT2D eigenvalue weighted by Gasteiger charge is -2.40. The highest BCUT2D eigenvalue weighted by Gasteiger charge is 2.45. The molecule has 1 aromatic carbocycles. The highest BCUT2D eigenvalue weighted by molar-refractivity contribution is 5.87. The third-order valence-corrected chi connectivity index (χ3v) is 4.93. The molecule has 32 heavy (non-hydrogen) atoms. The first kappa shape index (κ1) is 26.0. The van der Waals surface area contributed by atoms with E-state index in [1.54, 1.807) is 0 Å². The number of hydrogen-bond acceptors (Lipinski definition) is 12. The van der Waals surface area contributed by atoms with Gasteiger partial charge in [0.25, 0.3) is 0 Å². The molecule has 0 aliphatic carbocycles. The van der Waals surface area contributed by atoms with Crippen LogP contribution in [-0.4, -0.2) is 109 Å². The van der Waals surface area contributed by atoms with Crippen LogP contribution in [0.4, 0.5) is 0 Å². The monoisotopic (exact) mass is 460 g/mol. The summed E-state index contributed by atoms with van der Waals surface area (Å²) >= 11 is 0. The van der Waals surface area contributed by atoms with Crippen LogP contribution in [0.25, 0.3) is 6.08 Å². The Morgan fingerprint density at radius 1 is 1.19 bits per heavy atom. The first-order valence-electron chi connectivity index (χ1n) is 9.65. The van der Waals surface area contributed by atoms with E-state index in [1.165, 1.54) is 24.3 Å². The fourth-order valence-corrected chi connectivity index (χ4v) is 2.68. The van der Waals surface area contributed by atoms with Crippen molar-refractivity contribution in [3.05, 3.63) is 29.8 Å². The third kappa shape index (κ3) is 6.60. The highest BCUT2D eigenvalue weighted by atomic mass is 16.7. The molecule has 8 N–H and O–H groups in total. The molecule has 1 heterocycles. The minimum absolute atomic E-state index is 0.321. The van der Waals surface area contributed by atoms with E-state index in [2.05, 4.69) is 0 Å². The number of phenols is 2. The number of phenolic OH excluding ortho intramolecular Hbond substituents is 2. The maximum Gasteiger partial charge on any atom is 0.330 e. The average molecular weight is 460 g/mol. The third-order valence-electron chi connectivity index (χ3n) is 4.93. The molecule has 1 saturated heterocycles. The van der Waals surface area contributed by atoms with Gasteiger partial charge in [-0.15, -0.1) is 0 Å². The molecule has 7 atom stereocenters. The van der Waals surface area contributed by atoms with Crippen molar-refractivity contribution in [3.8, 4) is 11.5 Å². The molecular formula is C20H28O12. The number of aliphatic hydroxyl groups is 6. The molecule has 2 rings (SSSR count). The summed E-state index contributed by atoms with van der Waals surface area (Å²) < 4.78 is 15.4. The summed E-state index contributed by atoms with van der Waals surface area (Å²) in [6, 6.07) is 3.89. The summed E-state index contributed by atoms with van der Waals surface area (Å²) in [6.07, 6.45) is -7.09. The largest absolute Gasteiger partial charge is 0.504 e. The van der Waals surface area contributed by atoms with E-state index in [0.717, 1.165) is 13.0 Å². The van der Waals surface area contributed by atoms with Gasteiger partial charge in [-0.3, -0.25) is 0 Å². The normalized spacial score (nSPS) is 28.9. The Kier molecular flexibility index (Phi) is 8.95. The van der Waals surface area contributed by atoms with Crippen LogP contribution in [-0.2, 0) is 19.0 Å². The fraction of sp³-hybridized carbons (Fsp3) is 0.550. The lowest BCUT2D eigenvalue weighted by atomic mass is 9.99. The van der Waals surface area contributed by atoms with Crippen LogP contribution in [0.15, 0.2) is 24.3 Å². The zero-order valence-electron chi connectivity index (χ0n) is 17.2. The number of aromatic hydroxyl groups is 2. The van der Waals surface area contributed by atoms with Crippen molar-refractivity contribution in [3.63, 3.8) is 0 Å². The molecule has 0 bridgehead atoms.